The lowest BCUT2D eigenvalue weighted by Crippen LogP contribution is -2.60. The standard InChI is InChI=1S/C33H42FN5O9Si/c1-18-29(49(2,3)34)24(11-13-38-17-21(12-14-40)36-37-38)48-33(18)22-15-20(35-30(44)28-26(42)25(41)27(43)31(45)47-28)9-10-23(22)39(32(33)46)16-19-7-5-4-6-8-19/h4-10,15,17-18,24-29,31,40-43,45H,11-14,16H2,1-3H3,(H,35,44)/t18-,24+,25+,26+,27-,28+,29-,31-,33+/m1/s1. The molecule has 49 heavy (non-hydrogen) atoms. The molecule has 264 valence electrons. The minimum atomic E-state index is -3.48. The van der Waals surface area contributed by atoms with Gasteiger partial charge in [0.15, 0.2) is 18.0 Å². The van der Waals surface area contributed by atoms with Crippen LogP contribution >= 0.6 is 0 Å². The van der Waals surface area contributed by atoms with Crippen molar-refractivity contribution in [2.75, 3.05) is 16.8 Å². The minimum absolute atomic E-state index is 0.0705. The van der Waals surface area contributed by atoms with Crippen molar-refractivity contribution in [3.05, 3.63) is 71.5 Å². The molecule has 9 atom stereocenters. The van der Waals surface area contributed by atoms with Crippen LogP contribution in [0.2, 0.25) is 18.6 Å². The molecule has 3 aliphatic rings. The van der Waals surface area contributed by atoms with Crippen LogP contribution in [0.25, 0.3) is 0 Å². The van der Waals surface area contributed by atoms with Crippen molar-refractivity contribution in [3.63, 3.8) is 0 Å². The molecule has 2 aromatic carbocycles. The fourth-order valence-corrected chi connectivity index (χ4v) is 10.1. The lowest BCUT2D eigenvalue weighted by Gasteiger charge is -2.37. The van der Waals surface area contributed by atoms with Gasteiger partial charge in [-0.1, -0.05) is 42.5 Å². The van der Waals surface area contributed by atoms with Crippen LogP contribution in [0.5, 0.6) is 0 Å². The van der Waals surface area contributed by atoms with E-state index in [2.05, 4.69) is 15.6 Å². The predicted molar refractivity (Wildman–Crippen MR) is 175 cm³/mol. The molecule has 16 heteroatoms. The number of nitrogens with zero attached hydrogens (tertiary/aromatic N) is 4. The SMILES string of the molecule is C[C@@H]1[C@@H]([Si](C)(C)F)[C@H](CCn2cc(CCO)nn2)O[C@@]12C(=O)N(Cc1ccccc1)c1ccc(NC(=O)[C@H]3O[C@@H](O)[C@H](O)[C@@H](O)[C@@H]3O)cc12. The first-order valence-corrected chi connectivity index (χ1v) is 19.3. The maximum Gasteiger partial charge on any atom is 0.264 e. The monoisotopic (exact) mass is 699 g/mol. The summed E-state index contributed by atoms with van der Waals surface area (Å²) >= 11 is 0. The Kier molecular flexibility index (Phi) is 9.77. The molecule has 2 fully saturated rings. The van der Waals surface area contributed by atoms with Gasteiger partial charge in [-0.15, -0.1) is 5.10 Å². The second-order valence-electron chi connectivity index (χ2n) is 13.5. The fourth-order valence-electron chi connectivity index (χ4n) is 7.55. The Morgan fingerprint density at radius 3 is 2.51 bits per heavy atom. The average molecular weight is 700 g/mol. The number of halogens is 1. The van der Waals surface area contributed by atoms with Crippen molar-refractivity contribution in [2.24, 2.45) is 5.92 Å². The summed E-state index contributed by atoms with van der Waals surface area (Å²) in [5.41, 5.74) is 0.463. The van der Waals surface area contributed by atoms with Crippen LogP contribution in [-0.2, 0) is 44.2 Å². The number of fused-ring (bicyclic) bond motifs is 2. The minimum Gasteiger partial charge on any atom is -0.396 e. The number of hydrogen-bond acceptors (Lipinski definition) is 11. The first-order valence-electron chi connectivity index (χ1n) is 16.3. The molecule has 6 N–H and O–H groups in total. The van der Waals surface area contributed by atoms with Gasteiger partial charge in [-0.25, -0.2) is 0 Å². The Labute approximate surface area is 283 Å². The number of carbonyl (C=O) groups excluding carboxylic acids is 2. The van der Waals surface area contributed by atoms with Crippen molar-refractivity contribution >= 4 is 31.6 Å². The summed E-state index contributed by atoms with van der Waals surface area (Å²) in [6.07, 6.45) is -7.35. The van der Waals surface area contributed by atoms with Crippen LogP contribution < -0.4 is 10.2 Å². The highest BCUT2D eigenvalue weighted by molar-refractivity contribution is 6.72. The Balaban J connectivity index is 1.36. The first-order chi connectivity index (χ1) is 23.3. The third kappa shape index (κ3) is 6.43. The van der Waals surface area contributed by atoms with Crippen LogP contribution in [0.1, 0.15) is 30.2 Å². The molecule has 1 aromatic heterocycles. The molecule has 3 aromatic rings. The molecule has 0 saturated carbocycles. The third-order valence-corrected chi connectivity index (χ3v) is 12.3. The molecule has 2 amide bonds. The van der Waals surface area contributed by atoms with Crippen molar-refractivity contribution in [1.29, 1.82) is 0 Å². The van der Waals surface area contributed by atoms with E-state index in [0.29, 0.717) is 36.3 Å². The highest BCUT2D eigenvalue weighted by Crippen LogP contribution is 2.60. The smallest absolute Gasteiger partial charge is 0.264 e. The van der Waals surface area contributed by atoms with Gasteiger partial charge in [0.05, 0.1) is 24.0 Å². The number of aromatic nitrogens is 3. The number of benzene rings is 2. The number of carbonyl (C=O) groups is 2. The zero-order valence-electron chi connectivity index (χ0n) is 27.4. The number of nitrogens with one attached hydrogen (secondary N) is 1. The number of aryl methyl sites for hydroxylation is 1. The normalized spacial score (nSPS) is 31.4. The second-order valence-corrected chi connectivity index (χ2v) is 17.3. The number of hydrogen-bond donors (Lipinski definition) is 6. The van der Waals surface area contributed by atoms with E-state index in [1.165, 1.54) is 0 Å². The molecule has 4 heterocycles. The van der Waals surface area contributed by atoms with Gasteiger partial charge >= 0.3 is 0 Å². The predicted octanol–water partition coefficient (Wildman–Crippen LogP) is 0.963. The summed E-state index contributed by atoms with van der Waals surface area (Å²) < 4.78 is 29.8. The van der Waals surface area contributed by atoms with E-state index in [4.69, 9.17) is 9.47 Å². The lowest BCUT2D eigenvalue weighted by atomic mass is 9.82. The Bertz CT molecular complexity index is 1680. The van der Waals surface area contributed by atoms with Crippen molar-refractivity contribution in [1.82, 2.24) is 15.0 Å². The molecule has 6 rings (SSSR count). The molecular formula is C33H42FN5O9Si. The Morgan fingerprint density at radius 2 is 1.82 bits per heavy atom. The highest BCUT2D eigenvalue weighted by atomic mass is 28.4. The largest absolute Gasteiger partial charge is 0.396 e. The maximum absolute atomic E-state index is 16.3. The lowest BCUT2D eigenvalue weighted by molar-refractivity contribution is -0.274. The van der Waals surface area contributed by atoms with E-state index in [-0.39, 0.29) is 24.7 Å². The zero-order chi connectivity index (χ0) is 35.2. The molecule has 0 unspecified atom stereocenters. The van der Waals surface area contributed by atoms with Crippen molar-refractivity contribution < 1.29 is 48.7 Å². The van der Waals surface area contributed by atoms with Gasteiger partial charge in [-0.3, -0.25) is 14.3 Å². The number of rotatable bonds is 10. The highest BCUT2D eigenvalue weighted by Gasteiger charge is 2.66. The molecule has 14 nitrogen and oxygen atoms in total. The fraction of sp³-hybridized carbons (Fsp3) is 0.515. The number of amides is 2. The number of anilines is 2. The van der Waals surface area contributed by atoms with Gasteiger partial charge in [-0.2, -0.15) is 0 Å². The van der Waals surface area contributed by atoms with Crippen molar-refractivity contribution in [2.45, 2.75) is 93.9 Å². The average Bonchev–Trinajstić information content (AvgIpc) is 3.71. The van der Waals surface area contributed by atoms with E-state index in [9.17, 15) is 35.1 Å². The van der Waals surface area contributed by atoms with Gasteiger partial charge in [-0.05, 0) is 43.3 Å². The summed E-state index contributed by atoms with van der Waals surface area (Å²) in [5, 5.41) is 60.4. The molecule has 3 aliphatic heterocycles. The quantitative estimate of drug-likeness (QED) is 0.130. The molecule has 0 bridgehead atoms. The van der Waals surface area contributed by atoms with Gasteiger partial charge in [0, 0.05) is 48.5 Å². The van der Waals surface area contributed by atoms with E-state index < -0.39 is 68.2 Å². The van der Waals surface area contributed by atoms with Gasteiger partial charge in [0.25, 0.3) is 11.8 Å². The van der Waals surface area contributed by atoms with Gasteiger partial charge < -0.3 is 49.3 Å². The van der Waals surface area contributed by atoms with Crippen LogP contribution in [0, 0.1) is 5.92 Å². The van der Waals surface area contributed by atoms with E-state index in [1.807, 2.05) is 37.3 Å². The number of aliphatic hydroxyl groups is 5. The molecule has 0 aliphatic carbocycles. The second kappa shape index (κ2) is 13.6. The van der Waals surface area contributed by atoms with E-state index in [1.54, 1.807) is 47.1 Å². The third-order valence-electron chi connectivity index (χ3n) is 9.86. The number of aliphatic hydroxyl groups excluding tert-OH is 5. The van der Waals surface area contributed by atoms with Crippen molar-refractivity contribution in [3.8, 4) is 0 Å². The zero-order valence-corrected chi connectivity index (χ0v) is 28.4. The Morgan fingerprint density at radius 1 is 1.08 bits per heavy atom. The topological polar surface area (TPSA) is 200 Å². The van der Waals surface area contributed by atoms with Gasteiger partial charge in [0.1, 0.15) is 18.3 Å². The maximum atomic E-state index is 16.3. The molecule has 0 radical (unpaired) electrons. The van der Waals surface area contributed by atoms with Gasteiger partial charge in [0.2, 0.25) is 8.41 Å². The summed E-state index contributed by atoms with van der Waals surface area (Å²) in [6, 6.07) is 14.2. The van der Waals surface area contributed by atoms with Crippen LogP contribution in [-0.4, -0.2) is 104 Å². The molecule has 1 spiro atoms. The number of ether oxygens (including phenoxy) is 2. The first kappa shape index (κ1) is 35.2. The Hall–Kier alpha value is -3.61. The van der Waals surface area contributed by atoms with Crippen LogP contribution in [0.15, 0.2) is 54.7 Å². The summed E-state index contributed by atoms with van der Waals surface area (Å²) in [7, 11) is -3.48. The van der Waals surface area contributed by atoms with Crippen LogP contribution in [0.4, 0.5) is 15.5 Å². The molecule has 2 saturated heterocycles. The van der Waals surface area contributed by atoms with Crippen LogP contribution in [0.3, 0.4) is 0 Å². The van der Waals surface area contributed by atoms with E-state index >= 15 is 4.11 Å². The summed E-state index contributed by atoms with van der Waals surface area (Å²) in [4.78, 5) is 29.6. The summed E-state index contributed by atoms with van der Waals surface area (Å²) in [5.74, 6) is -1.87. The molecular weight excluding hydrogens is 657 g/mol. The summed E-state index contributed by atoms with van der Waals surface area (Å²) in [6.45, 7) is 5.52. The van der Waals surface area contributed by atoms with E-state index in [0.717, 1.165) is 5.56 Å².